The molecule has 0 saturated heterocycles. The molecule has 1 aliphatic rings. The molecule has 21 heavy (non-hydrogen) atoms. The van der Waals surface area contributed by atoms with Crippen LogP contribution < -0.4 is 0 Å². The highest BCUT2D eigenvalue weighted by Gasteiger charge is 2.39. The zero-order valence-electron chi connectivity index (χ0n) is 11.8. The van der Waals surface area contributed by atoms with Crippen molar-refractivity contribution in [3.63, 3.8) is 0 Å². The molecule has 7 heteroatoms. The van der Waals surface area contributed by atoms with E-state index in [1.807, 2.05) is 0 Å². The van der Waals surface area contributed by atoms with Gasteiger partial charge in [0.15, 0.2) is 0 Å². The van der Waals surface area contributed by atoms with Crippen LogP contribution in [0, 0.1) is 17.0 Å². The molecule has 1 aromatic carbocycles. The van der Waals surface area contributed by atoms with E-state index >= 15 is 0 Å². The molecule has 1 unspecified atom stereocenters. The lowest BCUT2D eigenvalue weighted by molar-refractivity contribution is -0.385. The molecule has 0 aliphatic heterocycles. The Kier molecular flexibility index (Phi) is 3.93. The molecule has 112 valence electrons. The Balaban J connectivity index is 2.40. The van der Waals surface area contributed by atoms with Crippen LogP contribution >= 0.6 is 0 Å². The third-order valence-electron chi connectivity index (χ3n) is 3.68. The maximum atomic E-state index is 12.6. The van der Waals surface area contributed by atoms with E-state index in [1.165, 1.54) is 36.9 Å². The zero-order valence-corrected chi connectivity index (χ0v) is 11.8. The summed E-state index contributed by atoms with van der Waals surface area (Å²) in [5.41, 5.74) is 0.305. The number of nitro benzene ring substituents is 1. The summed E-state index contributed by atoms with van der Waals surface area (Å²) in [6, 6.07) is 3.21. The second kappa shape index (κ2) is 5.51. The van der Waals surface area contributed by atoms with Gasteiger partial charge in [-0.25, -0.2) is 4.79 Å². The number of carbonyl (C=O) groups excluding carboxylic acids is 1. The van der Waals surface area contributed by atoms with Crippen molar-refractivity contribution in [1.29, 1.82) is 0 Å². The quantitative estimate of drug-likeness (QED) is 0.660. The fourth-order valence-electron chi connectivity index (χ4n) is 2.32. The number of carbonyl (C=O) groups is 2. The summed E-state index contributed by atoms with van der Waals surface area (Å²) in [4.78, 5) is 35.5. The van der Waals surface area contributed by atoms with Crippen LogP contribution in [-0.2, 0) is 4.79 Å². The molecule has 0 bridgehead atoms. The summed E-state index contributed by atoms with van der Waals surface area (Å²) in [6.07, 6.45) is 1.52. The Bertz CT molecular complexity index is 609. The second-order valence-corrected chi connectivity index (χ2v) is 5.16. The van der Waals surface area contributed by atoms with E-state index < -0.39 is 22.8 Å². The summed E-state index contributed by atoms with van der Waals surface area (Å²) < 4.78 is 0. The molecule has 1 saturated carbocycles. The van der Waals surface area contributed by atoms with Crippen molar-refractivity contribution < 1.29 is 19.6 Å². The molecule has 1 aromatic rings. The van der Waals surface area contributed by atoms with Crippen molar-refractivity contribution in [3.05, 3.63) is 39.4 Å². The first-order valence-electron chi connectivity index (χ1n) is 6.64. The van der Waals surface area contributed by atoms with Crippen LogP contribution in [0.1, 0.15) is 35.7 Å². The van der Waals surface area contributed by atoms with E-state index in [0.717, 1.165) is 12.8 Å². The highest BCUT2D eigenvalue weighted by Crippen LogP contribution is 2.32. The van der Waals surface area contributed by atoms with Crippen LogP contribution in [0.5, 0.6) is 0 Å². The minimum absolute atomic E-state index is 0.0951. The van der Waals surface area contributed by atoms with Gasteiger partial charge in [0, 0.05) is 23.2 Å². The number of hydrogen-bond acceptors (Lipinski definition) is 4. The summed E-state index contributed by atoms with van der Waals surface area (Å²) in [5, 5.41) is 20.1. The fourth-order valence-corrected chi connectivity index (χ4v) is 2.32. The van der Waals surface area contributed by atoms with Crippen molar-refractivity contribution in [1.82, 2.24) is 4.90 Å². The molecule has 0 radical (unpaired) electrons. The van der Waals surface area contributed by atoms with E-state index in [2.05, 4.69) is 0 Å². The molecule has 1 N–H and O–H groups in total. The maximum Gasteiger partial charge on any atom is 0.326 e. The highest BCUT2D eigenvalue weighted by atomic mass is 16.6. The Morgan fingerprint density at radius 3 is 2.52 bits per heavy atom. The van der Waals surface area contributed by atoms with Gasteiger partial charge in [-0.15, -0.1) is 0 Å². The van der Waals surface area contributed by atoms with Crippen molar-refractivity contribution in [2.24, 2.45) is 0 Å². The summed E-state index contributed by atoms with van der Waals surface area (Å²) in [6.45, 7) is 2.95. The van der Waals surface area contributed by atoms with Gasteiger partial charge in [-0.1, -0.05) is 6.07 Å². The molecule has 0 heterocycles. The third kappa shape index (κ3) is 2.86. The molecule has 1 amide bonds. The number of benzene rings is 1. The SMILES string of the molecule is Cc1c(C(=O)N(C2CC2)C(C)C(=O)O)cccc1[N+](=O)[O-]. The molecule has 7 nitrogen and oxygen atoms in total. The molecular weight excluding hydrogens is 276 g/mol. The minimum Gasteiger partial charge on any atom is -0.480 e. The first-order valence-corrected chi connectivity index (χ1v) is 6.64. The Labute approximate surface area is 121 Å². The van der Waals surface area contributed by atoms with Crippen LogP contribution in [0.2, 0.25) is 0 Å². The minimum atomic E-state index is -1.08. The number of nitrogens with zero attached hydrogens (tertiary/aromatic N) is 2. The number of rotatable bonds is 5. The lowest BCUT2D eigenvalue weighted by Gasteiger charge is -2.27. The molecular formula is C14H16N2O5. The standard InChI is InChI=1S/C14H16N2O5/c1-8-11(4-3-5-12(8)16(20)21)13(17)15(10-6-7-10)9(2)14(18)19/h3-5,9-10H,6-7H2,1-2H3,(H,18,19). The lowest BCUT2D eigenvalue weighted by Crippen LogP contribution is -2.45. The average Bonchev–Trinajstić information content (AvgIpc) is 3.23. The second-order valence-electron chi connectivity index (χ2n) is 5.16. The number of carboxylic acid groups (broad SMARTS) is 1. The van der Waals surface area contributed by atoms with Gasteiger partial charge in [0.2, 0.25) is 0 Å². The summed E-state index contributed by atoms with van der Waals surface area (Å²) >= 11 is 0. The van der Waals surface area contributed by atoms with Gasteiger partial charge in [0.05, 0.1) is 4.92 Å². The van der Waals surface area contributed by atoms with E-state index in [1.54, 1.807) is 0 Å². The van der Waals surface area contributed by atoms with Crippen molar-refractivity contribution in [2.75, 3.05) is 0 Å². The Morgan fingerprint density at radius 2 is 2.05 bits per heavy atom. The predicted molar refractivity (Wildman–Crippen MR) is 74.1 cm³/mol. The normalized spacial score (nSPS) is 15.3. The molecule has 2 rings (SSSR count). The predicted octanol–water partition coefficient (Wildman–Crippen LogP) is 1.98. The summed E-state index contributed by atoms with van der Waals surface area (Å²) in [7, 11) is 0. The highest BCUT2D eigenvalue weighted by molar-refractivity contribution is 5.99. The smallest absolute Gasteiger partial charge is 0.326 e. The van der Waals surface area contributed by atoms with Gasteiger partial charge >= 0.3 is 5.97 Å². The largest absolute Gasteiger partial charge is 0.480 e. The third-order valence-corrected chi connectivity index (χ3v) is 3.68. The molecule has 1 aliphatic carbocycles. The van der Waals surface area contributed by atoms with Crippen LogP contribution in [-0.4, -0.2) is 38.9 Å². The fraction of sp³-hybridized carbons (Fsp3) is 0.429. The Hall–Kier alpha value is -2.44. The number of nitro groups is 1. The van der Waals surface area contributed by atoms with Gasteiger partial charge in [0.25, 0.3) is 11.6 Å². The first-order chi connectivity index (χ1) is 9.84. The number of hydrogen-bond donors (Lipinski definition) is 1. The molecule has 0 spiro atoms. The van der Waals surface area contributed by atoms with Crippen molar-refractivity contribution in [2.45, 2.75) is 38.8 Å². The van der Waals surface area contributed by atoms with Gasteiger partial charge in [0.1, 0.15) is 6.04 Å². The monoisotopic (exact) mass is 292 g/mol. The Morgan fingerprint density at radius 1 is 1.43 bits per heavy atom. The number of amides is 1. The van der Waals surface area contributed by atoms with Gasteiger partial charge in [-0.3, -0.25) is 14.9 Å². The van der Waals surface area contributed by atoms with E-state index in [-0.39, 0.29) is 22.9 Å². The number of aliphatic carboxylic acids is 1. The van der Waals surface area contributed by atoms with Gasteiger partial charge in [-0.05, 0) is 32.8 Å². The van der Waals surface area contributed by atoms with Crippen LogP contribution in [0.3, 0.4) is 0 Å². The van der Waals surface area contributed by atoms with E-state index in [0.29, 0.717) is 0 Å². The molecule has 0 aromatic heterocycles. The molecule has 1 fully saturated rings. The van der Waals surface area contributed by atoms with Gasteiger partial charge < -0.3 is 10.0 Å². The van der Waals surface area contributed by atoms with Crippen molar-refractivity contribution >= 4 is 17.6 Å². The maximum absolute atomic E-state index is 12.6. The zero-order chi connectivity index (χ0) is 15.7. The van der Waals surface area contributed by atoms with Gasteiger partial charge in [-0.2, -0.15) is 0 Å². The van der Waals surface area contributed by atoms with E-state index in [9.17, 15) is 19.7 Å². The van der Waals surface area contributed by atoms with E-state index in [4.69, 9.17) is 5.11 Å². The summed E-state index contributed by atoms with van der Waals surface area (Å²) in [5.74, 6) is -1.55. The number of carboxylic acids is 1. The van der Waals surface area contributed by atoms with Crippen LogP contribution in [0.4, 0.5) is 5.69 Å². The van der Waals surface area contributed by atoms with Crippen LogP contribution in [0.15, 0.2) is 18.2 Å². The molecule has 1 atom stereocenters. The first kappa shape index (κ1) is 15.0. The van der Waals surface area contributed by atoms with Crippen molar-refractivity contribution in [3.8, 4) is 0 Å². The van der Waals surface area contributed by atoms with Crippen LogP contribution in [0.25, 0.3) is 0 Å². The average molecular weight is 292 g/mol. The lowest BCUT2D eigenvalue weighted by atomic mass is 10.0. The topological polar surface area (TPSA) is 101 Å².